The first-order valence-electron chi connectivity index (χ1n) is 6.82. The van der Waals surface area contributed by atoms with Crippen molar-refractivity contribution in [2.75, 3.05) is 11.9 Å². The van der Waals surface area contributed by atoms with Crippen LogP contribution < -0.4 is 16.0 Å². The molecule has 120 valence electrons. The van der Waals surface area contributed by atoms with Crippen LogP contribution in [0.5, 0.6) is 0 Å². The molecule has 1 heterocycles. The molecule has 2 rings (SSSR count). The van der Waals surface area contributed by atoms with Crippen molar-refractivity contribution in [3.05, 3.63) is 29.8 Å². The molecule has 0 aliphatic carbocycles. The smallest absolute Gasteiger partial charge is 0.354 e. The number of rotatable bonds is 4. The molecule has 1 aliphatic heterocycles. The van der Waals surface area contributed by atoms with Crippen LogP contribution in [0.1, 0.15) is 18.4 Å². The minimum Gasteiger partial charge on any atom is -0.354 e. The predicted molar refractivity (Wildman–Crippen MR) is 74.4 cm³/mol. The molecule has 0 unspecified atom stereocenters. The van der Waals surface area contributed by atoms with E-state index in [-0.39, 0.29) is 24.8 Å². The number of aryl methyl sites for hydroxylation is 1. The Hall–Kier alpha value is -2.25. The fourth-order valence-corrected chi connectivity index (χ4v) is 2.15. The third-order valence-electron chi connectivity index (χ3n) is 3.19. The van der Waals surface area contributed by atoms with Gasteiger partial charge >= 0.3 is 12.2 Å². The second-order valence-electron chi connectivity index (χ2n) is 5.12. The molecule has 1 atom stereocenters. The highest BCUT2D eigenvalue weighted by atomic mass is 19.4. The molecular weight excluding hydrogens is 299 g/mol. The van der Waals surface area contributed by atoms with E-state index in [0.29, 0.717) is 17.8 Å². The van der Waals surface area contributed by atoms with Gasteiger partial charge in [-0.3, -0.25) is 4.79 Å². The van der Waals surface area contributed by atoms with Crippen LogP contribution in [0.2, 0.25) is 0 Å². The van der Waals surface area contributed by atoms with E-state index < -0.39 is 18.6 Å². The Morgan fingerprint density at radius 3 is 2.77 bits per heavy atom. The number of anilines is 1. The summed E-state index contributed by atoms with van der Waals surface area (Å²) in [6.45, 7) is 0.373. The van der Waals surface area contributed by atoms with Crippen molar-refractivity contribution in [2.24, 2.45) is 0 Å². The first-order chi connectivity index (χ1) is 10.3. The van der Waals surface area contributed by atoms with E-state index >= 15 is 0 Å². The summed E-state index contributed by atoms with van der Waals surface area (Å²) in [5.41, 5.74) is 0.905. The summed E-state index contributed by atoms with van der Waals surface area (Å²) in [5.74, 6) is -0.126. The van der Waals surface area contributed by atoms with Crippen LogP contribution >= 0.6 is 0 Å². The quantitative estimate of drug-likeness (QED) is 0.797. The molecule has 3 amide bonds. The van der Waals surface area contributed by atoms with E-state index in [0.717, 1.165) is 0 Å². The van der Waals surface area contributed by atoms with Crippen LogP contribution in [0, 0.1) is 0 Å². The SMILES string of the molecule is O=C1C[C@@H](NC(=O)Nc2cccc(CCC(F)(F)F)c2)CN1. The number of urea groups is 1. The van der Waals surface area contributed by atoms with E-state index in [2.05, 4.69) is 16.0 Å². The van der Waals surface area contributed by atoms with Crippen LogP contribution in [0.25, 0.3) is 0 Å². The number of halogens is 3. The Kier molecular flexibility index (Phi) is 4.89. The molecule has 1 aromatic rings. The van der Waals surface area contributed by atoms with E-state index in [1.807, 2.05) is 0 Å². The summed E-state index contributed by atoms with van der Waals surface area (Å²) in [5, 5.41) is 7.76. The lowest BCUT2D eigenvalue weighted by atomic mass is 10.1. The molecule has 1 fully saturated rings. The van der Waals surface area contributed by atoms with E-state index in [4.69, 9.17) is 0 Å². The Bertz CT molecular complexity index is 561. The van der Waals surface area contributed by atoms with Crippen molar-refractivity contribution in [2.45, 2.75) is 31.5 Å². The van der Waals surface area contributed by atoms with Crippen LogP contribution in [-0.4, -0.2) is 30.7 Å². The van der Waals surface area contributed by atoms with Crippen LogP contribution in [0.3, 0.4) is 0 Å². The molecular formula is C14H16F3N3O2. The lowest BCUT2D eigenvalue weighted by Crippen LogP contribution is -2.39. The number of alkyl halides is 3. The van der Waals surface area contributed by atoms with Crippen LogP contribution in [0.4, 0.5) is 23.7 Å². The standard InChI is InChI=1S/C14H16F3N3O2/c15-14(16,17)5-4-9-2-1-3-10(6-9)19-13(22)20-11-7-12(21)18-8-11/h1-3,6,11H,4-5,7-8H2,(H,18,21)(H2,19,20,22)/t11-/m1/s1. The largest absolute Gasteiger partial charge is 0.389 e. The van der Waals surface area contributed by atoms with Crippen molar-refractivity contribution in [1.29, 1.82) is 0 Å². The topological polar surface area (TPSA) is 70.2 Å². The van der Waals surface area contributed by atoms with Gasteiger partial charge in [0.1, 0.15) is 0 Å². The first kappa shape index (κ1) is 16.1. The normalized spacial score (nSPS) is 18.0. The zero-order chi connectivity index (χ0) is 16.2. The average Bonchev–Trinajstić information content (AvgIpc) is 2.81. The molecule has 1 aliphatic rings. The monoisotopic (exact) mass is 315 g/mol. The van der Waals surface area contributed by atoms with Gasteiger partial charge < -0.3 is 16.0 Å². The summed E-state index contributed by atoms with van der Waals surface area (Å²) < 4.78 is 36.6. The summed E-state index contributed by atoms with van der Waals surface area (Å²) in [6, 6.07) is 5.49. The molecule has 0 bridgehead atoms. The maximum Gasteiger partial charge on any atom is 0.389 e. The Labute approximate surface area is 125 Å². The molecule has 1 saturated heterocycles. The van der Waals surface area contributed by atoms with Gasteiger partial charge in [-0.05, 0) is 24.1 Å². The molecule has 0 radical (unpaired) electrons. The Morgan fingerprint density at radius 2 is 2.14 bits per heavy atom. The molecule has 8 heteroatoms. The van der Waals surface area contributed by atoms with Crippen molar-refractivity contribution in [3.8, 4) is 0 Å². The van der Waals surface area contributed by atoms with E-state index in [9.17, 15) is 22.8 Å². The van der Waals surface area contributed by atoms with Gasteiger partial charge in [-0.2, -0.15) is 13.2 Å². The predicted octanol–water partition coefficient (Wildman–Crippen LogP) is 2.19. The number of carbonyl (C=O) groups is 2. The minimum atomic E-state index is -4.21. The van der Waals surface area contributed by atoms with E-state index in [1.165, 1.54) is 6.07 Å². The van der Waals surface area contributed by atoms with Gasteiger partial charge in [0, 0.05) is 25.1 Å². The van der Waals surface area contributed by atoms with Gasteiger partial charge in [0.15, 0.2) is 0 Å². The van der Waals surface area contributed by atoms with Crippen LogP contribution in [-0.2, 0) is 11.2 Å². The number of hydrogen-bond donors (Lipinski definition) is 3. The lowest BCUT2D eigenvalue weighted by molar-refractivity contribution is -0.134. The van der Waals surface area contributed by atoms with Crippen molar-refractivity contribution in [1.82, 2.24) is 10.6 Å². The molecule has 0 saturated carbocycles. The third-order valence-corrected chi connectivity index (χ3v) is 3.19. The van der Waals surface area contributed by atoms with Gasteiger partial charge in [-0.1, -0.05) is 12.1 Å². The molecule has 5 nitrogen and oxygen atoms in total. The maximum atomic E-state index is 12.2. The average molecular weight is 315 g/mol. The van der Waals surface area contributed by atoms with Gasteiger partial charge in [0.05, 0.1) is 6.04 Å². The Balaban J connectivity index is 1.86. The maximum absolute atomic E-state index is 12.2. The number of hydrogen-bond acceptors (Lipinski definition) is 2. The Morgan fingerprint density at radius 1 is 1.36 bits per heavy atom. The lowest BCUT2D eigenvalue weighted by Gasteiger charge is -2.12. The summed E-state index contributed by atoms with van der Waals surface area (Å²) in [6.07, 6.45) is -5.03. The minimum absolute atomic E-state index is 0.126. The van der Waals surface area contributed by atoms with Gasteiger partial charge in [-0.25, -0.2) is 4.79 Å². The highest BCUT2D eigenvalue weighted by molar-refractivity contribution is 5.90. The fourth-order valence-electron chi connectivity index (χ4n) is 2.15. The highest BCUT2D eigenvalue weighted by Crippen LogP contribution is 2.23. The fraction of sp³-hybridized carbons (Fsp3) is 0.429. The number of amides is 3. The van der Waals surface area contributed by atoms with E-state index in [1.54, 1.807) is 18.2 Å². The van der Waals surface area contributed by atoms with Crippen molar-refractivity contribution in [3.63, 3.8) is 0 Å². The molecule has 3 N–H and O–H groups in total. The van der Waals surface area contributed by atoms with Crippen LogP contribution in [0.15, 0.2) is 24.3 Å². The van der Waals surface area contributed by atoms with Crippen molar-refractivity contribution < 1.29 is 22.8 Å². The van der Waals surface area contributed by atoms with Gasteiger partial charge in [-0.15, -0.1) is 0 Å². The third kappa shape index (κ3) is 5.27. The first-order valence-corrected chi connectivity index (χ1v) is 6.82. The number of benzene rings is 1. The second kappa shape index (κ2) is 6.67. The molecule has 1 aromatic carbocycles. The zero-order valence-electron chi connectivity index (χ0n) is 11.7. The highest BCUT2D eigenvalue weighted by Gasteiger charge is 2.26. The summed E-state index contributed by atoms with van der Waals surface area (Å²) in [4.78, 5) is 22.8. The summed E-state index contributed by atoms with van der Waals surface area (Å²) >= 11 is 0. The molecule has 0 aromatic heterocycles. The van der Waals surface area contributed by atoms with Gasteiger partial charge in [0.2, 0.25) is 5.91 Å². The number of carbonyl (C=O) groups excluding carboxylic acids is 2. The second-order valence-corrected chi connectivity index (χ2v) is 5.12. The molecule has 0 spiro atoms. The zero-order valence-corrected chi connectivity index (χ0v) is 11.7. The van der Waals surface area contributed by atoms with Gasteiger partial charge in [0.25, 0.3) is 0 Å². The van der Waals surface area contributed by atoms with Crippen molar-refractivity contribution >= 4 is 17.6 Å². The molecule has 22 heavy (non-hydrogen) atoms. The number of nitrogens with one attached hydrogen (secondary N) is 3. The summed E-state index contributed by atoms with van der Waals surface area (Å²) in [7, 11) is 0.